The third-order valence-corrected chi connectivity index (χ3v) is 7.38. The van der Waals surface area contributed by atoms with Gasteiger partial charge in [-0.2, -0.15) is 5.53 Å². The molecule has 3 aromatic carbocycles. The Morgan fingerprint density at radius 1 is 1.12 bits per heavy atom. The van der Waals surface area contributed by atoms with Gasteiger partial charge in [0.15, 0.2) is 5.84 Å². The number of rotatable bonds is 11. The van der Waals surface area contributed by atoms with Gasteiger partial charge in [0, 0.05) is 48.9 Å². The smallest absolute Gasteiger partial charge is 0.222 e. The van der Waals surface area contributed by atoms with E-state index in [-0.39, 0.29) is 17.8 Å². The van der Waals surface area contributed by atoms with Crippen LogP contribution in [0.2, 0.25) is 0 Å². The molecule has 1 amide bonds. The van der Waals surface area contributed by atoms with Gasteiger partial charge in [0.25, 0.3) is 0 Å². The molecule has 1 heterocycles. The highest BCUT2D eigenvalue weighted by Crippen LogP contribution is 2.29. The van der Waals surface area contributed by atoms with Gasteiger partial charge in [-0.3, -0.25) is 4.79 Å². The predicted molar refractivity (Wildman–Crippen MR) is 164 cm³/mol. The molecule has 6 N–H and O–H groups in total. The second-order valence-electron chi connectivity index (χ2n) is 11.4. The third kappa shape index (κ3) is 8.22. The van der Waals surface area contributed by atoms with Crippen LogP contribution in [0.1, 0.15) is 50.3 Å². The van der Waals surface area contributed by atoms with Crippen molar-refractivity contribution in [2.24, 2.45) is 16.1 Å². The molecule has 1 aliphatic heterocycles. The van der Waals surface area contributed by atoms with Crippen LogP contribution in [-0.4, -0.2) is 47.6 Å². The van der Waals surface area contributed by atoms with Crippen LogP contribution in [0, 0.1) is 5.53 Å². The number of anilines is 1. The Bertz CT molecular complexity index is 1370. The van der Waals surface area contributed by atoms with E-state index >= 15 is 0 Å². The maximum absolute atomic E-state index is 13.0. The summed E-state index contributed by atoms with van der Waals surface area (Å²) < 4.78 is 0. The van der Waals surface area contributed by atoms with Crippen LogP contribution < -0.4 is 21.3 Å². The van der Waals surface area contributed by atoms with E-state index in [0.717, 1.165) is 35.1 Å². The number of aliphatic hydroxyl groups is 1. The summed E-state index contributed by atoms with van der Waals surface area (Å²) in [6.07, 6.45) is 1.62. The van der Waals surface area contributed by atoms with Gasteiger partial charge in [-0.1, -0.05) is 72.0 Å². The second-order valence-corrected chi connectivity index (χ2v) is 11.4. The number of nitrogens with one attached hydrogen (secondary N) is 3. The largest absolute Gasteiger partial charge is 0.392 e. The summed E-state index contributed by atoms with van der Waals surface area (Å²) >= 11 is 0. The molecule has 0 saturated heterocycles. The highest BCUT2D eigenvalue weighted by atomic mass is 16.3. The Morgan fingerprint density at radius 2 is 1.83 bits per heavy atom. The average molecular weight is 556 g/mol. The number of fused-ring (bicyclic) bond motifs is 1. The van der Waals surface area contributed by atoms with Crippen LogP contribution in [-0.2, 0) is 17.8 Å². The molecule has 2 atom stereocenters. The van der Waals surface area contributed by atoms with Gasteiger partial charge in [-0.05, 0) is 61.9 Å². The molecule has 0 fully saturated rings. The number of hydrogen-bond donors (Lipinski definition) is 5. The summed E-state index contributed by atoms with van der Waals surface area (Å²) in [5, 5.41) is 23.0. The van der Waals surface area contributed by atoms with Crippen LogP contribution in [0.5, 0.6) is 0 Å². The number of amidine groups is 1. The summed E-state index contributed by atoms with van der Waals surface area (Å²) in [4.78, 5) is 15.4. The van der Waals surface area contributed by atoms with Crippen molar-refractivity contribution in [3.63, 3.8) is 0 Å². The summed E-state index contributed by atoms with van der Waals surface area (Å²) in [7, 11) is 0. The number of nitrogens with zero attached hydrogens (tertiary/aromatic N) is 3. The fourth-order valence-electron chi connectivity index (χ4n) is 5.33. The zero-order chi connectivity index (χ0) is 29.4. The molecule has 9 heteroatoms. The fourth-order valence-corrected chi connectivity index (χ4v) is 5.33. The lowest BCUT2D eigenvalue weighted by Crippen LogP contribution is -2.49. The van der Waals surface area contributed by atoms with E-state index in [1.807, 2.05) is 38.1 Å². The molecule has 0 bridgehead atoms. The Morgan fingerprint density at radius 3 is 2.56 bits per heavy atom. The topological polar surface area (TPSA) is 139 Å². The normalized spacial score (nSPS) is 16.4. The standard InChI is InChI=1S/C32H41N7O2/c1-22(40)19-35-32(2,3)18-30(41)36-26-17-16-25-8-4-7-11-29(25)39(21-26)20-23-12-14-24(15-13-23)27-9-5-6-10-28(27)31(33)37-38-34/h4-15,22,26,35,40H,16-21H2,1-3H3,(H,36,41)(H3,33,34,37). The minimum atomic E-state index is -0.466. The van der Waals surface area contributed by atoms with Crippen molar-refractivity contribution < 1.29 is 9.90 Å². The number of carbonyl (C=O) groups excluding carboxylic acids is 1. The molecule has 41 heavy (non-hydrogen) atoms. The summed E-state index contributed by atoms with van der Waals surface area (Å²) in [5.41, 5.74) is 18.9. The maximum atomic E-state index is 13.0. The molecule has 216 valence electrons. The molecule has 0 spiro atoms. The van der Waals surface area contributed by atoms with E-state index in [4.69, 9.17) is 11.3 Å². The van der Waals surface area contributed by atoms with Crippen LogP contribution >= 0.6 is 0 Å². The Hall–Kier alpha value is -4.08. The molecule has 0 saturated carbocycles. The average Bonchev–Trinajstić information content (AvgIpc) is 3.11. The zero-order valence-corrected chi connectivity index (χ0v) is 24.1. The maximum Gasteiger partial charge on any atom is 0.222 e. The number of benzene rings is 3. The lowest BCUT2D eigenvalue weighted by Gasteiger charge is -2.30. The van der Waals surface area contributed by atoms with Crippen molar-refractivity contribution in [2.75, 3.05) is 18.0 Å². The first-order valence-corrected chi connectivity index (χ1v) is 14.1. The van der Waals surface area contributed by atoms with E-state index in [1.165, 1.54) is 11.3 Å². The van der Waals surface area contributed by atoms with Crippen molar-refractivity contribution in [1.82, 2.24) is 10.6 Å². The van der Waals surface area contributed by atoms with E-state index < -0.39 is 11.6 Å². The first-order chi connectivity index (χ1) is 19.6. The van der Waals surface area contributed by atoms with Crippen LogP contribution in [0.4, 0.5) is 5.69 Å². The Labute approximate surface area is 242 Å². The van der Waals surface area contributed by atoms with Crippen LogP contribution in [0.25, 0.3) is 11.1 Å². The molecule has 9 nitrogen and oxygen atoms in total. The van der Waals surface area contributed by atoms with Gasteiger partial charge in [0.1, 0.15) is 0 Å². The van der Waals surface area contributed by atoms with Crippen molar-refractivity contribution in [2.45, 2.75) is 64.3 Å². The van der Waals surface area contributed by atoms with E-state index in [9.17, 15) is 9.90 Å². The first kappa shape index (κ1) is 29.9. The number of carbonyl (C=O) groups is 1. The minimum Gasteiger partial charge on any atom is -0.392 e. The molecule has 2 unspecified atom stereocenters. The minimum absolute atomic E-state index is 0.00745. The van der Waals surface area contributed by atoms with Crippen molar-refractivity contribution in [3.8, 4) is 11.1 Å². The van der Waals surface area contributed by atoms with Crippen molar-refractivity contribution >= 4 is 17.4 Å². The highest BCUT2D eigenvalue weighted by Gasteiger charge is 2.26. The molecule has 0 aliphatic carbocycles. The van der Waals surface area contributed by atoms with Gasteiger partial charge in [0.05, 0.1) is 6.10 Å². The number of para-hydroxylation sites is 1. The van der Waals surface area contributed by atoms with Gasteiger partial charge in [-0.25, -0.2) is 0 Å². The van der Waals surface area contributed by atoms with Gasteiger partial charge < -0.3 is 26.4 Å². The summed E-state index contributed by atoms with van der Waals surface area (Å²) in [5.74, 6) is 0.212. The lowest BCUT2D eigenvalue weighted by molar-refractivity contribution is -0.123. The monoisotopic (exact) mass is 555 g/mol. The molecular weight excluding hydrogens is 514 g/mol. The second kappa shape index (κ2) is 13.5. The Kier molecular flexibility index (Phi) is 9.86. The number of nitrogens with two attached hydrogens (primary N) is 1. The number of amides is 1. The Balaban J connectivity index is 1.49. The number of aliphatic hydroxyl groups excluding tert-OH is 1. The van der Waals surface area contributed by atoms with E-state index in [2.05, 4.69) is 74.4 Å². The quantitative estimate of drug-likeness (QED) is 0.102. The van der Waals surface area contributed by atoms with Crippen molar-refractivity contribution in [3.05, 3.63) is 89.5 Å². The van der Waals surface area contributed by atoms with Gasteiger partial charge >= 0.3 is 0 Å². The van der Waals surface area contributed by atoms with Crippen molar-refractivity contribution in [1.29, 1.82) is 5.53 Å². The van der Waals surface area contributed by atoms with Gasteiger partial charge in [-0.15, -0.1) is 5.10 Å². The first-order valence-electron chi connectivity index (χ1n) is 14.1. The number of β-amino-alcohol motifs (C(OH)–C–C–N with tert-alkyl or cyclic N) is 1. The fraction of sp³-hybridized carbons (Fsp3) is 0.375. The highest BCUT2D eigenvalue weighted by molar-refractivity contribution is 6.03. The lowest BCUT2D eigenvalue weighted by atomic mass is 9.98. The molecule has 4 rings (SSSR count). The van der Waals surface area contributed by atoms with Crippen LogP contribution in [0.3, 0.4) is 0 Å². The van der Waals surface area contributed by atoms with Gasteiger partial charge in [0.2, 0.25) is 5.91 Å². The number of hydrogen-bond acceptors (Lipinski definition) is 6. The molecule has 3 aromatic rings. The zero-order valence-electron chi connectivity index (χ0n) is 24.1. The molecular formula is C32H41N7O2. The molecule has 0 radical (unpaired) electrons. The summed E-state index contributed by atoms with van der Waals surface area (Å²) in [6.45, 7) is 7.55. The molecule has 0 aromatic heterocycles. The number of aryl methyl sites for hydroxylation is 1. The van der Waals surface area contributed by atoms with E-state index in [0.29, 0.717) is 26.1 Å². The SMILES string of the molecule is CC(O)CNC(C)(C)CC(=O)NC1CCc2ccccc2N(Cc2ccc(-c3ccccc3C(N)=NN=N)cc2)C1. The predicted octanol–water partition coefficient (Wildman–Crippen LogP) is 4.58. The third-order valence-electron chi connectivity index (χ3n) is 7.38. The molecule has 1 aliphatic rings. The van der Waals surface area contributed by atoms with E-state index in [1.54, 1.807) is 6.92 Å². The van der Waals surface area contributed by atoms with Crippen LogP contribution in [0.15, 0.2) is 83.1 Å². The summed E-state index contributed by atoms with van der Waals surface area (Å²) in [6, 6.07) is 24.6.